The third-order valence-corrected chi connectivity index (χ3v) is 3.56. The lowest BCUT2D eigenvalue weighted by atomic mass is 9.80. The van der Waals surface area contributed by atoms with Crippen molar-refractivity contribution in [2.24, 2.45) is 0 Å². The number of amides is 1. The fourth-order valence-electron chi connectivity index (χ4n) is 2.59. The second-order valence-corrected chi connectivity index (χ2v) is 4.80. The molecule has 0 radical (unpaired) electrons. The summed E-state index contributed by atoms with van der Waals surface area (Å²) in [6, 6.07) is 5.84. The van der Waals surface area contributed by atoms with E-state index in [1.54, 1.807) is 11.0 Å². The molecule has 0 aromatic heterocycles. The Morgan fingerprint density at radius 2 is 2.22 bits per heavy atom. The van der Waals surface area contributed by atoms with E-state index < -0.39 is 5.41 Å². The van der Waals surface area contributed by atoms with E-state index in [0.29, 0.717) is 13.0 Å². The fourth-order valence-corrected chi connectivity index (χ4v) is 2.59. The smallest absolute Gasteiger partial charge is 0.237 e. The highest BCUT2D eigenvalue weighted by atomic mass is 16.5. The van der Waals surface area contributed by atoms with Crippen LogP contribution in [0.25, 0.3) is 0 Å². The first kappa shape index (κ1) is 12.7. The van der Waals surface area contributed by atoms with Crippen molar-refractivity contribution >= 4 is 11.6 Å². The molecule has 0 N–H and O–H groups in total. The van der Waals surface area contributed by atoms with E-state index >= 15 is 0 Å². The number of fused-ring (bicyclic) bond motifs is 1. The van der Waals surface area contributed by atoms with Gasteiger partial charge in [0.25, 0.3) is 0 Å². The fraction of sp³-hybridized carbons (Fsp3) is 0.400. The van der Waals surface area contributed by atoms with Crippen molar-refractivity contribution in [2.45, 2.75) is 25.7 Å². The Bertz CT molecular complexity index is 495. The molecule has 1 aliphatic rings. The molecule has 0 unspecified atom stereocenters. The Morgan fingerprint density at radius 1 is 1.50 bits per heavy atom. The third-order valence-electron chi connectivity index (χ3n) is 3.56. The monoisotopic (exact) mass is 245 g/mol. The molecule has 18 heavy (non-hydrogen) atoms. The van der Waals surface area contributed by atoms with E-state index in [1.807, 2.05) is 39.1 Å². The van der Waals surface area contributed by atoms with Gasteiger partial charge >= 0.3 is 0 Å². The highest BCUT2D eigenvalue weighted by molar-refractivity contribution is 6.07. The predicted octanol–water partition coefficient (Wildman–Crippen LogP) is 2.90. The summed E-state index contributed by atoms with van der Waals surface area (Å²) in [6.45, 7) is 8.30. The van der Waals surface area contributed by atoms with Crippen LogP contribution in [0, 0.1) is 0 Å². The predicted molar refractivity (Wildman–Crippen MR) is 73.2 cm³/mol. The normalized spacial score (nSPS) is 21.9. The Kier molecular flexibility index (Phi) is 3.16. The Morgan fingerprint density at radius 3 is 2.83 bits per heavy atom. The van der Waals surface area contributed by atoms with Crippen LogP contribution in [-0.4, -0.2) is 19.6 Å². The van der Waals surface area contributed by atoms with Gasteiger partial charge in [0.15, 0.2) is 0 Å². The molecule has 1 atom stereocenters. The molecular weight excluding hydrogens is 226 g/mol. The minimum absolute atomic E-state index is 0.117. The highest BCUT2D eigenvalue weighted by Crippen LogP contribution is 2.44. The summed E-state index contributed by atoms with van der Waals surface area (Å²) < 4.78 is 5.52. The van der Waals surface area contributed by atoms with Crippen LogP contribution in [0.2, 0.25) is 0 Å². The summed E-state index contributed by atoms with van der Waals surface area (Å²) in [6.07, 6.45) is 2.44. The van der Waals surface area contributed by atoms with Crippen LogP contribution in [0.5, 0.6) is 5.75 Å². The van der Waals surface area contributed by atoms with Crippen LogP contribution >= 0.6 is 0 Å². The largest absolute Gasteiger partial charge is 0.494 e. The van der Waals surface area contributed by atoms with Crippen molar-refractivity contribution in [3.05, 3.63) is 36.4 Å². The molecule has 1 heterocycles. The number of hydrogen-bond donors (Lipinski definition) is 0. The maximum absolute atomic E-state index is 12.4. The number of ether oxygens (including phenoxy) is 1. The maximum atomic E-state index is 12.4. The number of allylic oxidation sites excluding steroid dienone is 1. The van der Waals surface area contributed by atoms with Gasteiger partial charge in [0.1, 0.15) is 5.75 Å². The first-order valence-corrected chi connectivity index (χ1v) is 6.21. The lowest BCUT2D eigenvalue weighted by molar-refractivity contribution is -0.122. The van der Waals surface area contributed by atoms with Crippen molar-refractivity contribution in [1.82, 2.24) is 0 Å². The Labute approximate surface area is 108 Å². The lowest BCUT2D eigenvalue weighted by Gasteiger charge is -2.21. The highest BCUT2D eigenvalue weighted by Gasteiger charge is 2.45. The van der Waals surface area contributed by atoms with Crippen LogP contribution in [0.3, 0.4) is 0 Å². The molecule has 1 aliphatic heterocycles. The molecule has 3 heteroatoms. The number of likely N-dealkylation sites (N-methyl/N-ethyl adjacent to an activating group) is 1. The van der Waals surface area contributed by atoms with Gasteiger partial charge in [-0.15, -0.1) is 6.58 Å². The average molecular weight is 245 g/mol. The van der Waals surface area contributed by atoms with Crippen molar-refractivity contribution < 1.29 is 9.53 Å². The summed E-state index contributed by atoms with van der Waals surface area (Å²) in [7, 11) is 1.82. The molecular formula is C15H19NO2. The van der Waals surface area contributed by atoms with Gasteiger partial charge in [0.05, 0.1) is 12.0 Å². The van der Waals surface area contributed by atoms with Crippen LogP contribution in [-0.2, 0) is 10.2 Å². The number of benzene rings is 1. The Balaban J connectivity index is 2.53. The van der Waals surface area contributed by atoms with Crippen LogP contribution in [0.4, 0.5) is 5.69 Å². The van der Waals surface area contributed by atoms with Gasteiger partial charge < -0.3 is 9.64 Å². The van der Waals surface area contributed by atoms with Gasteiger partial charge in [-0.25, -0.2) is 0 Å². The molecule has 1 amide bonds. The zero-order valence-corrected chi connectivity index (χ0v) is 11.2. The van der Waals surface area contributed by atoms with Crippen molar-refractivity contribution in [2.75, 3.05) is 18.6 Å². The van der Waals surface area contributed by atoms with E-state index in [4.69, 9.17) is 4.74 Å². The van der Waals surface area contributed by atoms with E-state index in [9.17, 15) is 4.79 Å². The maximum Gasteiger partial charge on any atom is 0.237 e. The summed E-state index contributed by atoms with van der Waals surface area (Å²) in [5.74, 6) is 0.931. The number of carbonyl (C=O) groups is 1. The van der Waals surface area contributed by atoms with E-state index in [1.165, 1.54) is 0 Å². The molecule has 1 aromatic rings. The summed E-state index contributed by atoms with van der Waals surface area (Å²) in [5, 5.41) is 0. The standard InChI is InChI=1S/C15H19NO2/c1-5-9-15(3)12-10-11(18-6-2)7-8-13(12)16(4)14(15)17/h5,7-8,10H,1,6,9H2,2-4H3/t15-/m1/s1. The molecule has 0 saturated carbocycles. The number of rotatable bonds is 4. The number of carbonyl (C=O) groups excluding carboxylic acids is 1. The van der Waals surface area contributed by atoms with Crippen LogP contribution < -0.4 is 9.64 Å². The van der Waals surface area contributed by atoms with Gasteiger partial charge in [-0.05, 0) is 44.0 Å². The van der Waals surface area contributed by atoms with Crippen molar-refractivity contribution in [3.63, 3.8) is 0 Å². The molecule has 2 rings (SSSR count). The second-order valence-electron chi connectivity index (χ2n) is 4.80. The molecule has 3 nitrogen and oxygen atoms in total. The lowest BCUT2D eigenvalue weighted by Crippen LogP contribution is -2.35. The first-order valence-electron chi connectivity index (χ1n) is 6.21. The van der Waals surface area contributed by atoms with Gasteiger partial charge in [0, 0.05) is 12.7 Å². The molecule has 0 fully saturated rings. The molecule has 0 bridgehead atoms. The third kappa shape index (κ3) is 1.70. The van der Waals surface area contributed by atoms with E-state index in [2.05, 4.69) is 6.58 Å². The first-order chi connectivity index (χ1) is 8.54. The van der Waals surface area contributed by atoms with Gasteiger partial charge in [-0.1, -0.05) is 6.08 Å². The molecule has 0 saturated heterocycles. The molecule has 0 spiro atoms. The number of hydrogen-bond acceptors (Lipinski definition) is 2. The van der Waals surface area contributed by atoms with Crippen LogP contribution in [0.1, 0.15) is 25.8 Å². The second kappa shape index (κ2) is 4.48. The van der Waals surface area contributed by atoms with Crippen molar-refractivity contribution in [1.29, 1.82) is 0 Å². The number of anilines is 1. The minimum atomic E-state index is -0.515. The van der Waals surface area contributed by atoms with Crippen LogP contribution in [0.15, 0.2) is 30.9 Å². The minimum Gasteiger partial charge on any atom is -0.494 e. The van der Waals surface area contributed by atoms with Gasteiger partial charge in [0.2, 0.25) is 5.91 Å². The van der Waals surface area contributed by atoms with Gasteiger partial charge in [-0.2, -0.15) is 0 Å². The van der Waals surface area contributed by atoms with Gasteiger partial charge in [-0.3, -0.25) is 4.79 Å². The van der Waals surface area contributed by atoms with E-state index in [0.717, 1.165) is 17.0 Å². The molecule has 1 aromatic carbocycles. The average Bonchev–Trinajstić information content (AvgIpc) is 2.53. The van der Waals surface area contributed by atoms with Crippen molar-refractivity contribution in [3.8, 4) is 5.75 Å². The SMILES string of the molecule is C=CC[C@@]1(C)C(=O)N(C)c2ccc(OCC)cc21. The molecule has 96 valence electrons. The number of nitrogens with zero attached hydrogens (tertiary/aromatic N) is 1. The zero-order valence-electron chi connectivity index (χ0n) is 11.2. The Hall–Kier alpha value is -1.77. The quantitative estimate of drug-likeness (QED) is 0.763. The summed E-state index contributed by atoms with van der Waals surface area (Å²) >= 11 is 0. The topological polar surface area (TPSA) is 29.5 Å². The summed E-state index contributed by atoms with van der Waals surface area (Å²) in [4.78, 5) is 14.1. The van der Waals surface area contributed by atoms with E-state index in [-0.39, 0.29) is 5.91 Å². The molecule has 0 aliphatic carbocycles. The zero-order chi connectivity index (χ0) is 13.3. The summed E-state index contributed by atoms with van der Waals surface area (Å²) in [5.41, 5.74) is 1.48.